The number of non-ortho nitro benzene ring substituents is 1. The van der Waals surface area contributed by atoms with Crippen molar-refractivity contribution in [3.8, 4) is 6.07 Å². The van der Waals surface area contributed by atoms with E-state index in [-0.39, 0.29) is 5.69 Å². The molecule has 2 aromatic carbocycles. The summed E-state index contributed by atoms with van der Waals surface area (Å²) in [5.74, 6) is 0. The molecule has 3 aromatic rings. The van der Waals surface area contributed by atoms with Gasteiger partial charge in [-0.25, -0.2) is 4.98 Å². The van der Waals surface area contributed by atoms with Crippen LogP contribution in [-0.4, -0.2) is 41.0 Å². The van der Waals surface area contributed by atoms with E-state index in [1.54, 1.807) is 17.4 Å². The fraction of sp³-hybridized carbons (Fsp3) is 0.263. The molecule has 1 aromatic heterocycles. The summed E-state index contributed by atoms with van der Waals surface area (Å²) in [5, 5.41) is 21.4. The molecule has 1 aliphatic heterocycles. The van der Waals surface area contributed by atoms with Crippen LogP contribution in [0.1, 0.15) is 10.6 Å². The number of nitrogens with zero attached hydrogens (tertiary/aromatic N) is 5. The van der Waals surface area contributed by atoms with Crippen molar-refractivity contribution in [2.75, 3.05) is 31.1 Å². The Morgan fingerprint density at radius 2 is 1.96 bits per heavy atom. The zero-order chi connectivity index (χ0) is 18.8. The van der Waals surface area contributed by atoms with E-state index in [1.165, 1.54) is 16.8 Å². The number of benzene rings is 2. The first-order valence-electron chi connectivity index (χ1n) is 8.64. The topological polar surface area (TPSA) is 86.3 Å². The SMILES string of the molecule is N#Cc1cc([N+](=O)[O-])ccc1N1CCN(Cc2nc3ccccc3s2)CC1. The summed E-state index contributed by atoms with van der Waals surface area (Å²) < 4.78 is 1.20. The number of rotatable bonds is 4. The van der Waals surface area contributed by atoms with Gasteiger partial charge in [0.25, 0.3) is 5.69 Å². The highest BCUT2D eigenvalue weighted by Gasteiger charge is 2.21. The van der Waals surface area contributed by atoms with Gasteiger partial charge in [-0.15, -0.1) is 11.3 Å². The van der Waals surface area contributed by atoms with E-state index in [0.717, 1.165) is 48.9 Å². The molecule has 0 bridgehead atoms. The maximum Gasteiger partial charge on any atom is 0.270 e. The number of para-hydroxylation sites is 1. The fourth-order valence-electron chi connectivity index (χ4n) is 3.33. The number of aromatic nitrogens is 1. The molecule has 0 amide bonds. The maximum absolute atomic E-state index is 10.9. The largest absolute Gasteiger partial charge is 0.368 e. The second-order valence-corrected chi connectivity index (χ2v) is 7.52. The van der Waals surface area contributed by atoms with Gasteiger partial charge in [0.05, 0.1) is 32.9 Å². The highest BCUT2D eigenvalue weighted by molar-refractivity contribution is 7.18. The van der Waals surface area contributed by atoms with E-state index in [0.29, 0.717) is 5.56 Å². The quantitative estimate of drug-likeness (QED) is 0.510. The van der Waals surface area contributed by atoms with E-state index in [1.807, 2.05) is 18.2 Å². The van der Waals surface area contributed by atoms with Crippen LogP contribution in [0.3, 0.4) is 0 Å². The lowest BCUT2D eigenvalue weighted by atomic mass is 10.1. The van der Waals surface area contributed by atoms with Crippen LogP contribution in [0.5, 0.6) is 0 Å². The highest BCUT2D eigenvalue weighted by Crippen LogP contribution is 2.27. The van der Waals surface area contributed by atoms with Crippen LogP contribution in [0.25, 0.3) is 10.2 Å². The first-order chi connectivity index (χ1) is 13.1. The van der Waals surface area contributed by atoms with Gasteiger partial charge in [0.15, 0.2) is 0 Å². The Morgan fingerprint density at radius 3 is 2.67 bits per heavy atom. The first-order valence-corrected chi connectivity index (χ1v) is 9.46. The van der Waals surface area contributed by atoms with Gasteiger partial charge in [0.2, 0.25) is 0 Å². The summed E-state index contributed by atoms with van der Waals surface area (Å²) in [7, 11) is 0. The van der Waals surface area contributed by atoms with Gasteiger partial charge in [-0.2, -0.15) is 5.26 Å². The second kappa shape index (κ2) is 7.31. The molecule has 0 unspecified atom stereocenters. The molecule has 1 fully saturated rings. The zero-order valence-corrected chi connectivity index (χ0v) is 15.4. The van der Waals surface area contributed by atoms with Crippen molar-refractivity contribution in [3.63, 3.8) is 0 Å². The number of hydrogen-bond donors (Lipinski definition) is 0. The molecule has 0 aliphatic carbocycles. The Balaban J connectivity index is 1.43. The molecule has 0 N–H and O–H groups in total. The van der Waals surface area contributed by atoms with Gasteiger partial charge in [0, 0.05) is 38.3 Å². The van der Waals surface area contributed by atoms with Crippen molar-refractivity contribution < 1.29 is 4.92 Å². The fourth-order valence-corrected chi connectivity index (χ4v) is 4.34. The highest BCUT2D eigenvalue weighted by atomic mass is 32.1. The van der Waals surface area contributed by atoms with E-state index in [2.05, 4.69) is 21.9 Å². The molecule has 1 saturated heterocycles. The number of nitriles is 1. The van der Waals surface area contributed by atoms with Crippen molar-refractivity contribution in [3.05, 3.63) is 63.1 Å². The lowest BCUT2D eigenvalue weighted by Crippen LogP contribution is -2.46. The van der Waals surface area contributed by atoms with Crippen molar-refractivity contribution in [2.24, 2.45) is 0 Å². The van der Waals surface area contributed by atoms with Crippen LogP contribution >= 0.6 is 11.3 Å². The molecule has 0 radical (unpaired) electrons. The van der Waals surface area contributed by atoms with Crippen LogP contribution in [0, 0.1) is 21.4 Å². The maximum atomic E-state index is 10.9. The Kier molecular flexibility index (Phi) is 4.71. The van der Waals surface area contributed by atoms with E-state index in [9.17, 15) is 15.4 Å². The molecule has 4 rings (SSSR count). The minimum Gasteiger partial charge on any atom is -0.368 e. The van der Waals surface area contributed by atoms with Gasteiger partial charge in [-0.3, -0.25) is 15.0 Å². The minimum atomic E-state index is -0.472. The number of fused-ring (bicyclic) bond motifs is 1. The summed E-state index contributed by atoms with van der Waals surface area (Å²) in [4.78, 5) is 19.6. The molecule has 136 valence electrons. The molecule has 7 nitrogen and oxygen atoms in total. The number of piperazine rings is 1. The molecule has 8 heteroatoms. The van der Waals surface area contributed by atoms with E-state index in [4.69, 9.17) is 4.98 Å². The van der Waals surface area contributed by atoms with Gasteiger partial charge in [-0.05, 0) is 18.2 Å². The van der Waals surface area contributed by atoms with Crippen LogP contribution < -0.4 is 4.90 Å². The molecular formula is C19H17N5O2S. The predicted molar refractivity (Wildman–Crippen MR) is 105 cm³/mol. The van der Waals surface area contributed by atoms with Gasteiger partial charge in [-0.1, -0.05) is 12.1 Å². The van der Waals surface area contributed by atoms with E-state index < -0.39 is 4.92 Å². The minimum absolute atomic E-state index is 0.0511. The first kappa shape index (κ1) is 17.4. The summed E-state index contributed by atoms with van der Waals surface area (Å²) in [6.07, 6.45) is 0. The summed E-state index contributed by atoms with van der Waals surface area (Å²) in [5.41, 5.74) is 2.11. The third kappa shape index (κ3) is 3.60. The zero-order valence-electron chi connectivity index (χ0n) is 14.5. The number of hydrogen-bond acceptors (Lipinski definition) is 7. The Hall–Kier alpha value is -3.02. The second-order valence-electron chi connectivity index (χ2n) is 6.41. The normalized spacial score (nSPS) is 15.0. The standard InChI is InChI=1S/C19H17N5O2S/c20-12-14-11-15(24(25)26)5-6-17(14)23-9-7-22(8-10-23)13-19-21-16-3-1-2-4-18(16)27-19/h1-6,11H,7-10,13H2. The molecule has 0 spiro atoms. The Morgan fingerprint density at radius 1 is 1.19 bits per heavy atom. The van der Waals surface area contributed by atoms with Crippen LogP contribution in [0.15, 0.2) is 42.5 Å². The average molecular weight is 379 g/mol. The van der Waals surface area contributed by atoms with Crippen LogP contribution in [0.2, 0.25) is 0 Å². The molecule has 1 aliphatic rings. The van der Waals surface area contributed by atoms with Gasteiger partial charge in [0.1, 0.15) is 11.1 Å². The van der Waals surface area contributed by atoms with Crippen molar-refractivity contribution >= 4 is 32.9 Å². The number of thiazole rings is 1. The molecule has 0 atom stereocenters. The Labute approximate surface area is 160 Å². The van der Waals surface area contributed by atoms with Crippen molar-refractivity contribution in [1.82, 2.24) is 9.88 Å². The lowest BCUT2D eigenvalue weighted by molar-refractivity contribution is -0.384. The van der Waals surface area contributed by atoms with Crippen LogP contribution in [-0.2, 0) is 6.54 Å². The number of nitro groups is 1. The smallest absolute Gasteiger partial charge is 0.270 e. The summed E-state index contributed by atoms with van der Waals surface area (Å²) in [6, 6.07) is 14.7. The van der Waals surface area contributed by atoms with Crippen LogP contribution in [0.4, 0.5) is 11.4 Å². The van der Waals surface area contributed by atoms with Crippen molar-refractivity contribution in [1.29, 1.82) is 5.26 Å². The van der Waals surface area contributed by atoms with Crippen molar-refractivity contribution in [2.45, 2.75) is 6.54 Å². The van der Waals surface area contributed by atoms with E-state index >= 15 is 0 Å². The summed E-state index contributed by atoms with van der Waals surface area (Å²) >= 11 is 1.73. The monoisotopic (exact) mass is 379 g/mol. The molecular weight excluding hydrogens is 362 g/mol. The molecule has 0 saturated carbocycles. The average Bonchev–Trinajstić information content (AvgIpc) is 3.10. The number of anilines is 1. The molecule has 2 heterocycles. The number of nitro benzene ring substituents is 1. The van der Waals surface area contributed by atoms with Gasteiger partial charge >= 0.3 is 0 Å². The molecule has 27 heavy (non-hydrogen) atoms. The third-order valence-corrected chi connectivity index (χ3v) is 5.74. The van der Waals surface area contributed by atoms with Gasteiger partial charge < -0.3 is 4.90 Å². The lowest BCUT2D eigenvalue weighted by Gasteiger charge is -2.36. The third-order valence-electron chi connectivity index (χ3n) is 4.72. The predicted octanol–water partition coefficient (Wildman–Crippen LogP) is 3.40. The summed E-state index contributed by atoms with van der Waals surface area (Å²) in [6.45, 7) is 4.09. The Bertz CT molecular complexity index is 1000.